The fraction of sp³-hybridized carbons (Fsp3) is 0.400. The molecule has 0 amide bonds. The number of nitriles is 2. The molecule has 2 unspecified atom stereocenters. The Labute approximate surface area is 639 Å². The minimum absolute atomic E-state index is 0.378. The molecular weight excluding hydrogens is 1290 g/mol. The monoisotopic (exact) mass is 1410 g/mol. The second-order valence-electron chi connectivity index (χ2n) is 29.2. The first-order valence-corrected chi connectivity index (χ1v) is 41.0. The first kappa shape index (κ1) is 80.4. The number of ether oxygens (including phenoxy) is 2. The van der Waals surface area contributed by atoms with Crippen molar-refractivity contribution in [1.82, 2.24) is 0 Å². The molecule has 6 nitrogen and oxygen atoms in total. The van der Waals surface area contributed by atoms with Gasteiger partial charge in [-0.2, -0.15) is 10.5 Å². The third kappa shape index (κ3) is 26.4. The molecule has 0 fully saturated rings. The van der Waals surface area contributed by atoms with Crippen LogP contribution in [0.3, 0.4) is 0 Å². The minimum Gasteiger partial charge on any atom is -0.492 e. The van der Waals surface area contributed by atoms with Crippen molar-refractivity contribution in [2.75, 3.05) is 23.0 Å². The van der Waals surface area contributed by atoms with Crippen molar-refractivity contribution >= 4 is 34.1 Å². The van der Waals surface area contributed by atoms with Crippen molar-refractivity contribution in [1.29, 1.82) is 10.5 Å². The van der Waals surface area contributed by atoms with Crippen LogP contribution in [0.2, 0.25) is 0 Å². The lowest BCUT2D eigenvalue weighted by atomic mass is 9.94. The van der Waals surface area contributed by atoms with Crippen LogP contribution in [0.25, 0.3) is 22.3 Å². The Morgan fingerprint density at radius 3 is 0.774 bits per heavy atom. The van der Waals surface area contributed by atoms with Crippen LogP contribution in [0.4, 0.5) is 34.1 Å². The summed E-state index contributed by atoms with van der Waals surface area (Å²) in [7, 11) is 0. The van der Waals surface area contributed by atoms with Gasteiger partial charge in [-0.05, 0) is 157 Å². The molecule has 550 valence electrons. The lowest BCUT2D eigenvalue weighted by Crippen LogP contribution is -2.15. The molecule has 6 heteroatoms. The highest BCUT2D eigenvalue weighted by atomic mass is 16.5. The van der Waals surface area contributed by atoms with Gasteiger partial charge in [-0.1, -0.05) is 340 Å². The Balaban J connectivity index is 1.08. The smallest absolute Gasteiger partial charge is 0.136 e. The SMILES string of the molecule is CCCCCCCCCCC(CCCCCCCC)COc1cc(C#Cc2ccc(-c3ccc(N(c4ccccc4)c4ccccc4)cc3)cc2C#N)c(OCC(CCCCCCCC)CCCCCCCCCC)cc1C#Cc1ccc(-c2ccc(N(c3ccccc3)c3ccccc3)cc2)cc1C#N. The van der Waals surface area contributed by atoms with Crippen LogP contribution in [0, 0.1) is 58.2 Å². The van der Waals surface area contributed by atoms with E-state index in [1.807, 2.05) is 48.5 Å². The molecule has 2 atom stereocenters. The van der Waals surface area contributed by atoms with Crippen molar-refractivity contribution in [3.8, 4) is 69.6 Å². The zero-order valence-electron chi connectivity index (χ0n) is 64.6. The molecule has 0 N–H and O–H groups in total. The summed E-state index contributed by atoms with van der Waals surface area (Å²) in [6.07, 6.45) is 40.1. The van der Waals surface area contributed by atoms with E-state index < -0.39 is 0 Å². The molecule has 9 aromatic carbocycles. The summed E-state index contributed by atoms with van der Waals surface area (Å²) in [6, 6.07) is 80.2. The van der Waals surface area contributed by atoms with Crippen LogP contribution < -0.4 is 19.3 Å². The number of unbranched alkanes of at least 4 members (excludes halogenated alkanes) is 24. The number of hydrogen-bond donors (Lipinski definition) is 0. The molecule has 0 spiro atoms. The Hall–Kier alpha value is -9.72. The standard InChI is InChI=1S/C100H118N4O2/c1-5-9-13-17-21-23-27-35-47-81(45-33-25-19-15-11-7-3)79-105-99-75-90(64-60-86-58-62-88(74-92(86)78-102)84-67-71-98(72-68-84)104(95-53-41-31-42-54-95)96-55-43-32-44-56-96)100(106-80-82(46-34-26-20-16-12-8-4)48-36-28-24-22-18-14-10-6-2)76-89(99)63-59-85-57-61-87(73-91(85)77-101)83-65-69-97(70-66-83)103(93-49-37-29-38-50-93)94-51-39-30-40-52-94/h29-32,37-44,49-58,61-62,65-76,81-82H,5-28,33-36,45-48,79-80H2,1-4H3. The van der Waals surface area contributed by atoms with Crippen LogP contribution in [0.15, 0.2) is 218 Å². The topological polar surface area (TPSA) is 72.5 Å². The van der Waals surface area contributed by atoms with Gasteiger partial charge in [-0.25, -0.2) is 0 Å². The van der Waals surface area contributed by atoms with Gasteiger partial charge < -0.3 is 19.3 Å². The number of hydrogen-bond acceptors (Lipinski definition) is 6. The number of anilines is 6. The predicted molar refractivity (Wildman–Crippen MR) is 449 cm³/mol. The highest BCUT2D eigenvalue weighted by molar-refractivity contribution is 5.80. The van der Waals surface area contributed by atoms with E-state index >= 15 is 0 Å². The normalized spacial score (nSPS) is 11.5. The Morgan fingerprint density at radius 2 is 0.500 bits per heavy atom. The van der Waals surface area contributed by atoms with Crippen molar-refractivity contribution in [3.63, 3.8) is 0 Å². The maximum absolute atomic E-state index is 11.0. The minimum atomic E-state index is 0.378. The van der Waals surface area contributed by atoms with E-state index in [2.05, 4.69) is 243 Å². The Kier molecular flexibility index (Phi) is 35.6. The summed E-state index contributed by atoms with van der Waals surface area (Å²) >= 11 is 0. The zero-order chi connectivity index (χ0) is 73.9. The molecule has 0 aliphatic heterocycles. The third-order valence-electron chi connectivity index (χ3n) is 20.8. The molecule has 106 heavy (non-hydrogen) atoms. The number of rotatable bonds is 46. The van der Waals surface area contributed by atoms with E-state index in [0.29, 0.717) is 69.9 Å². The fourth-order valence-corrected chi connectivity index (χ4v) is 14.5. The summed E-state index contributed by atoms with van der Waals surface area (Å²) in [5.41, 5.74) is 14.0. The van der Waals surface area contributed by atoms with Gasteiger partial charge in [0.25, 0.3) is 0 Å². The lowest BCUT2D eigenvalue weighted by Gasteiger charge is -2.25. The van der Waals surface area contributed by atoms with Gasteiger partial charge in [0.05, 0.1) is 35.5 Å². The summed E-state index contributed by atoms with van der Waals surface area (Å²) in [6.45, 7) is 10.3. The van der Waals surface area contributed by atoms with Crippen molar-refractivity contribution in [2.45, 2.75) is 233 Å². The molecule has 9 aromatic rings. The molecule has 0 radical (unpaired) electrons. The third-order valence-corrected chi connectivity index (χ3v) is 20.8. The maximum atomic E-state index is 11.0. The highest BCUT2D eigenvalue weighted by Crippen LogP contribution is 2.39. The van der Waals surface area contributed by atoms with E-state index in [4.69, 9.17) is 9.47 Å². The van der Waals surface area contributed by atoms with Crippen molar-refractivity contribution < 1.29 is 9.47 Å². The molecule has 0 saturated heterocycles. The van der Waals surface area contributed by atoms with Gasteiger partial charge in [0.15, 0.2) is 0 Å². The van der Waals surface area contributed by atoms with Crippen molar-refractivity contribution in [2.24, 2.45) is 11.8 Å². The molecule has 9 rings (SSSR count). The largest absolute Gasteiger partial charge is 0.492 e. The molecular formula is C100H118N4O2. The quantitative estimate of drug-likeness (QED) is 0.0280. The molecule has 0 bridgehead atoms. The molecule has 0 aromatic heterocycles. The predicted octanol–water partition coefficient (Wildman–Crippen LogP) is 29.1. The number of para-hydroxylation sites is 4. The van der Waals surface area contributed by atoms with Gasteiger partial charge in [0.2, 0.25) is 0 Å². The van der Waals surface area contributed by atoms with Gasteiger partial charge in [-0.3, -0.25) is 0 Å². The Bertz CT molecular complexity index is 3830. The van der Waals surface area contributed by atoms with Crippen LogP contribution in [-0.4, -0.2) is 13.2 Å². The number of benzene rings is 9. The summed E-state index contributed by atoms with van der Waals surface area (Å²) in [5.74, 6) is 16.3. The van der Waals surface area contributed by atoms with Gasteiger partial charge in [-0.15, -0.1) is 0 Å². The van der Waals surface area contributed by atoms with Gasteiger partial charge >= 0.3 is 0 Å². The van der Waals surface area contributed by atoms with Crippen molar-refractivity contribution in [3.05, 3.63) is 252 Å². The van der Waals surface area contributed by atoms with E-state index in [-0.39, 0.29) is 0 Å². The van der Waals surface area contributed by atoms with Crippen LogP contribution in [0.1, 0.15) is 267 Å². The summed E-state index contributed by atoms with van der Waals surface area (Å²) in [5, 5.41) is 21.9. The van der Waals surface area contributed by atoms with Crippen LogP contribution >= 0.6 is 0 Å². The first-order valence-electron chi connectivity index (χ1n) is 41.0. The molecule has 0 aliphatic carbocycles. The first-order chi connectivity index (χ1) is 52.4. The Morgan fingerprint density at radius 1 is 0.255 bits per heavy atom. The van der Waals surface area contributed by atoms with Crippen LogP contribution in [0.5, 0.6) is 11.5 Å². The molecule has 0 saturated carbocycles. The van der Waals surface area contributed by atoms with Gasteiger partial charge in [0.1, 0.15) is 23.6 Å². The second kappa shape index (κ2) is 47.0. The summed E-state index contributed by atoms with van der Waals surface area (Å²) < 4.78 is 14.5. The van der Waals surface area contributed by atoms with E-state index in [0.717, 1.165) is 82.1 Å². The van der Waals surface area contributed by atoms with Gasteiger partial charge in [0, 0.05) is 57.4 Å². The second-order valence-corrected chi connectivity index (χ2v) is 29.2. The summed E-state index contributed by atoms with van der Waals surface area (Å²) in [4.78, 5) is 4.51. The average Bonchev–Trinajstić information content (AvgIpc) is 0.808. The maximum Gasteiger partial charge on any atom is 0.136 e. The van der Waals surface area contributed by atoms with Crippen LogP contribution in [-0.2, 0) is 0 Å². The fourth-order valence-electron chi connectivity index (χ4n) is 14.5. The molecule has 0 heterocycles. The van der Waals surface area contributed by atoms with E-state index in [9.17, 15) is 10.5 Å². The lowest BCUT2D eigenvalue weighted by molar-refractivity contribution is 0.218. The number of nitrogens with zero attached hydrogens (tertiary/aromatic N) is 4. The average molecular weight is 1410 g/mol. The molecule has 0 aliphatic rings. The highest BCUT2D eigenvalue weighted by Gasteiger charge is 2.20. The zero-order valence-corrected chi connectivity index (χ0v) is 64.6. The van der Waals surface area contributed by atoms with E-state index in [1.165, 1.54) is 180 Å². The van der Waals surface area contributed by atoms with E-state index in [1.54, 1.807) is 0 Å².